The standard InChI is InChI=1S/C23H24N4S/c1-5-27-17(4)20(19-8-6-7-9-22(19)27)13-24-26-23-25-21(14-28-23)18-11-10-15(2)12-16(18)3/h6-14H,5H2,1-4H3,(H,25,26)/b24-13-. The van der Waals surface area contributed by atoms with Crippen molar-refractivity contribution in [3.8, 4) is 11.3 Å². The molecule has 142 valence electrons. The molecular formula is C23H24N4S. The SMILES string of the molecule is CCn1c(C)c(/C=N\Nc2nc(-c3ccc(C)cc3C)cs2)c2ccccc21. The van der Waals surface area contributed by atoms with Crippen molar-refractivity contribution >= 4 is 33.6 Å². The van der Waals surface area contributed by atoms with Crippen LogP contribution in [0.5, 0.6) is 0 Å². The molecule has 5 heteroatoms. The van der Waals surface area contributed by atoms with Gasteiger partial charge in [0.2, 0.25) is 5.13 Å². The Balaban J connectivity index is 1.58. The minimum absolute atomic E-state index is 0.795. The molecule has 28 heavy (non-hydrogen) atoms. The summed E-state index contributed by atoms with van der Waals surface area (Å²) in [6, 6.07) is 14.9. The summed E-state index contributed by atoms with van der Waals surface area (Å²) < 4.78 is 2.32. The van der Waals surface area contributed by atoms with Gasteiger partial charge in [-0.3, -0.25) is 5.43 Å². The second-order valence-corrected chi connectivity index (χ2v) is 7.84. The Morgan fingerprint density at radius 2 is 1.96 bits per heavy atom. The predicted molar refractivity (Wildman–Crippen MR) is 121 cm³/mol. The van der Waals surface area contributed by atoms with E-state index in [1.807, 2.05) is 6.21 Å². The maximum atomic E-state index is 4.70. The minimum atomic E-state index is 0.795. The van der Waals surface area contributed by atoms with Crippen LogP contribution in [-0.4, -0.2) is 15.8 Å². The van der Waals surface area contributed by atoms with E-state index in [1.54, 1.807) is 11.3 Å². The second kappa shape index (κ2) is 7.60. The molecule has 0 aliphatic carbocycles. The normalized spacial score (nSPS) is 11.6. The van der Waals surface area contributed by atoms with E-state index in [2.05, 4.69) is 90.6 Å². The van der Waals surface area contributed by atoms with Crippen LogP contribution in [0.4, 0.5) is 5.13 Å². The molecule has 2 aromatic carbocycles. The monoisotopic (exact) mass is 388 g/mol. The van der Waals surface area contributed by atoms with Crippen LogP contribution in [0.15, 0.2) is 52.9 Å². The Kier molecular flexibility index (Phi) is 5.01. The first kappa shape index (κ1) is 18.4. The maximum absolute atomic E-state index is 4.70. The van der Waals surface area contributed by atoms with Crippen molar-refractivity contribution in [1.82, 2.24) is 9.55 Å². The van der Waals surface area contributed by atoms with Crippen LogP contribution in [0.25, 0.3) is 22.2 Å². The van der Waals surface area contributed by atoms with Crippen LogP contribution in [0.2, 0.25) is 0 Å². The third-order valence-corrected chi connectivity index (χ3v) is 5.86. The Morgan fingerprint density at radius 3 is 2.75 bits per heavy atom. The average Bonchev–Trinajstić information content (AvgIpc) is 3.25. The average molecular weight is 389 g/mol. The third kappa shape index (κ3) is 3.34. The van der Waals surface area contributed by atoms with Gasteiger partial charge in [-0.15, -0.1) is 11.3 Å². The van der Waals surface area contributed by atoms with E-state index < -0.39 is 0 Å². The summed E-state index contributed by atoms with van der Waals surface area (Å²) in [7, 11) is 0. The fraction of sp³-hybridized carbons (Fsp3) is 0.217. The highest BCUT2D eigenvalue weighted by Gasteiger charge is 2.11. The van der Waals surface area contributed by atoms with E-state index in [0.717, 1.165) is 22.9 Å². The zero-order chi connectivity index (χ0) is 19.7. The van der Waals surface area contributed by atoms with Gasteiger partial charge in [0.05, 0.1) is 11.9 Å². The van der Waals surface area contributed by atoms with E-state index in [4.69, 9.17) is 4.98 Å². The summed E-state index contributed by atoms with van der Waals surface area (Å²) in [5.74, 6) is 0. The van der Waals surface area contributed by atoms with Gasteiger partial charge in [-0.2, -0.15) is 5.10 Å². The van der Waals surface area contributed by atoms with Crippen LogP contribution in [-0.2, 0) is 6.54 Å². The van der Waals surface area contributed by atoms with E-state index in [0.29, 0.717) is 0 Å². The molecule has 0 unspecified atom stereocenters. The highest BCUT2D eigenvalue weighted by Crippen LogP contribution is 2.28. The molecule has 2 heterocycles. The van der Waals surface area contributed by atoms with Crippen LogP contribution in [0, 0.1) is 20.8 Å². The van der Waals surface area contributed by atoms with E-state index in [9.17, 15) is 0 Å². The number of hydrogen-bond donors (Lipinski definition) is 1. The summed E-state index contributed by atoms with van der Waals surface area (Å²) in [4.78, 5) is 4.70. The highest BCUT2D eigenvalue weighted by atomic mass is 32.1. The molecule has 0 aliphatic heterocycles. The van der Waals surface area contributed by atoms with Gasteiger partial charge in [0.15, 0.2) is 0 Å². The molecule has 4 rings (SSSR count). The van der Waals surface area contributed by atoms with Crippen molar-refractivity contribution in [2.75, 3.05) is 5.43 Å². The zero-order valence-electron chi connectivity index (χ0n) is 16.7. The summed E-state index contributed by atoms with van der Waals surface area (Å²) in [5, 5.41) is 8.57. The molecule has 4 aromatic rings. The van der Waals surface area contributed by atoms with Gasteiger partial charge in [0.1, 0.15) is 0 Å². The number of hydrazone groups is 1. The van der Waals surface area contributed by atoms with E-state index >= 15 is 0 Å². The summed E-state index contributed by atoms with van der Waals surface area (Å²) >= 11 is 1.57. The smallest absolute Gasteiger partial charge is 0.203 e. The Hall–Kier alpha value is -2.92. The Bertz CT molecular complexity index is 1170. The van der Waals surface area contributed by atoms with Crippen molar-refractivity contribution in [1.29, 1.82) is 0 Å². The molecule has 4 nitrogen and oxygen atoms in total. The van der Waals surface area contributed by atoms with Gasteiger partial charge in [-0.1, -0.05) is 42.0 Å². The number of nitrogens with one attached hydrogen (secondary N) is 1. The molecule has 0 saturated carbocycles. The van der Waals surface area contributed by atoms with Crippen LogP contribution in [0.3, 0.4) is 0 Å². The van der Waals surface area contributed by atoms with Gasteiger partial charge < -0.3 is 4.57 Å². The number of anilines is 1. The lowest BCUT2D eigenvalue weighted by Crippen LogP contribution is -1.97. The minimum Gasteiger partial charge on any atom is -0.344 e. The number of nitrogens with zero attached hydrogens (tertiary/aromatic N) is 3. The molecular weight excluding hydrogens is 364 g/mol. The molecule has 0 saturated heterocycles. The van der Waals surface area contributed by atoms with Crippen molar-refractivity contribution < 1.29 is 0 Å². The number of para-hydroxylation sites is 1. The lowest BCUT2D eigenvalue weighted by molar-refractivity contribution is 0.769. The molecule has 0 atom stereocenters. The molecule has 0 bridgehead atoms. The molecule has 0 radical (unpaired) electrons. The number of rotatable bonds is 5. The first-order valence-electron chi connectivity index (χ1n) is 9.48. The van der Waals surface area contributed by atoms with Crippen LogP contribution < -0.4 is 5.43 Å². The Morgan fingerprint density at radius 1 is 1.14 bits per heavy atom. The lowest BCUT2D eigenvalue weighted by Gasteiger charge is -2.03. The molecule has 0 spiro atoms. The van der Waals surface area contributed by atoms with Crippen molar-refractivity contribution in [3.63, 3.8) is 0 Å². The highest BCUT2D eigenvalue weighted by molar-refractivity contribution is 7.14. The maximum Gasteiger partial charge on any atom is 0.203 e. The number of aromatic nitrogens is 2. The van der Waals surface area contributed by atoms with Crippen LogP contribution >= 0.6 is 11.3 Å². The van der Waals surface area contributed by atoms with Crippen molar-refractivity contribution in [3.05, 3.63) is 70.2 Å². The topological polar surface area (TPSA) is 42.2 Å². The molecule has 0 aliphatic rings. The van der Waals surface area contributed by atoms with Gasteiger partial charge in [0.25, 0.3) is 0 Å². The van der Waals surface area contributed by atoms with E-state index in [-0.39, 0.29) is 0 Å². The van der Waals surface area contributed by atoms with Crippen LogP contribution in [0.1, 0.15) is 29.3 Å². The largest absolute Gasteiger partial charge is 0.344 e. The predicted octanol–water partition coefficient (Wildman–Crippen LogP) is 6.16. The number of aryl methyl sites for hydroxylation is 3. The second-order valence-electron chi connectivity index (χ2n) is 6.99. The molecule has 0 fully saturated rings. The molecule has 2 aromatic heterocycles. The fourth-order valence-electron chi connectivity index (χ4n) is 3.73. The van der Waals surface area contributed by atoms with Crippen molar-refractivity contribution in [2.45, 2.75) is 34.2 Å². The van der Waals surface area contributed by atoms with Gasteiger partial charge >= 0.3 is 0 Å². The Labute approximate surface area is 169 Å². The number of fused-ring (bicyclic) bond motifs is 1. The van der Waals surface area contributed by atoms with E-state index in [1.165, 1.54) is 33.3 Å². The third-order valence-electron chi connectivity index (χ3n) is 5.11. The molecule has 1 N–H and O–H groups in total. The van der Waals surface area contributed by atoms with Gasteiger partial charge in [-0.05, 0) is 39.3 Å². The fourth-order valence-corrected chi connectivity index (χ4v) is 4.39. The zero-order valence-corrected chi connectivity index (χ0v) is 17.5. The molecule has 0 amide bonds. The summed E-state index contributed by atoms with van der Waals surface area (Å²) in [5.41, 5.74) is 11.4. The lowest BCUT2D eigenvalue weighted by atomic mass is 10.0. The quantitative estimate of drug-likeness (QED) is 0.329. The first-order chi connectivity index (χ1) is 13.6. The van der Waals surface area contributed by atoms with Gasteiger partial charge in [-0.25, -0.2) is 4.98 Å². The first-order valence-corrected chi connectivity index (χ1v) is 10.4. The number of benzene rings is 2. The summed E-state index contributed by atoms with van der Waals surface area (Å²) in [6.45, 7) is 9.49. The van der Waals surface area contributed by atoms with Gasteiger partial charge in [0, 0.05) is 39.6 Å². The van der Waals surface area contributed by atoms with Crippen molar-refractivity contribution in [2.24, 2.45) is 5.10 Å². The number of hydrogen-bond acceptors (Lipinski definition) is 4. The summed E-state index contributed by atoms with van der Waals surface area (Å²) in [6.07, 6.45) is 1.90. The number of thiazole rings is 1.